The molecule has 2 aromatic rings. The lowest BCUT2D eigenvalue weighted by molar-refractivity contribution is -0.186. The second kappa shape index (κ2) is 6.52. The molecule has 0 spiro atoms. The predicted molar refractivity (Wildman–Crippen MR) is 84.0 cm³/mol. The quantitative estimate of drug-likeness (QED) is 0.929. The molecule has 22 heavy (non-hydrogen) atoms. The van der Waals surface area contributed by atoms with E-state index in [0.29, 0.717) is 28.8 Å². The molecule has 2 heterocycles. The van der Waals surface area contributed by atoms with E-state index >= 15 is 0 Å². The maximum Gasteiger partial charge on any atom is 0.191 e. The number of ether oxygens (including phenoxy) is 2. The molecule has 3 rings (SSSR count). The molecule has 1 aliphatic heterocycles. The molecule has 0 radical (unpaired) electrons. The Hall–Kier alpha value is -1.17. The topological polar surface area (TPSA) is 51.6 Å². The third-order valence-corrected chi connectivity index (χ3v) is 4.52. The molecular weight excluding hydrogens is 325 g/mol. The number of benzene rings is 1. The minimum Gasteiger partial charge on any atom is -0.379 e. The minimum atomic E-state index is -1.39. The van der Waals surface area contributed by atoms with Gasteiger partial charge in [-0.1, -0.05) is 41.4 Å². The molecule has 6 heteroatoms. The lowest BCUT2D eigenvalue weighted by atomic mass is 9.87. The van der Waals surface area contributed by atoms with Gasteiger partial charge in [-0.15, -0.1) is 0 Å². The number of halogens is 2. The SMILES string of the molecule is OC(Cc1cccc(Cl)c1Cl)(c1cccnc1)C1OCCO1. The summed E-state index contributed by atoms with van der Waals surface area (Å²) >= 11 is 12.3. The molecule has 1 atom stereocenters. The van der Waals surface area contributed by atoms with Gasteiger partial charge < -0.3 is 14.6 Å². The van der Waals surface area contributed by atoms with E-state index in [1.54, 1.807) is 36.7 Å². The molecule has 116 valence electrons. The number of nitrogens with zero attached hydrogens (tertiary/aromatic N) is 1. The molecule has 1 aromatic heterocycles. The maximum absolute atomic E-state index is 11.3. The normalized spacial score (nSPS) is 18.3. The van der Waals surface area contributed by atoms with Gasteiger partial charge in [-0.3, -0.25) is 4.98 Å². The first-order valence-electron chi connectivity index (χ1n) is 6.90. The summed E-state index contributed by atoms with van der Waals surface area (Å²) in [6.45, 7) is 0.882. The summed E-state index contributed by atoms with van der Waals surface area (Å²) in [5.41, 5.74) is -0.0587. The number of rotatable bonds is 4. The monoisotopic (exact) mass is 339 g/mol. The Kier molecular flexibility index (Phi) is 4.66. The van der Waals surface area contributed by atoms with Crippen LogP contribution >= 0.6 is 23.2 Å². The van der Waals surface area contributed by atoms with Crippen LogP contribution in [-0.4, -0.2) is 29.6 Å². The molecule has 4 nitrogen and oxygen atoms in total. The Labute approximate surface area is 138 Å². The van der Waals surface area contributed by atoms with Crippen LogP contribution in [-0.2, 0) is 21.5 Å². The van der Waals surface area contributed by atoms with E-state index in [0.717, 1.165) is 5.56 Å². The molecule has 1 aliphatic rings. The molecule has 0 saturated carbocycles. The van der Waals surface area contributed by atoms with E-state index < -0.39 is 11.9 Å². The Balaban J connectivity index is 2.00. The van der Waals surface area contributed by atoms with Gasteiger partial charge in [0.1, 0.15) is 5.60 Å². The third-order valence-electron chi connectivity index (χ3n) is 3.66. The zero-order valence-electron chi connectivity index (χ0n) is 11.7. The highest BCUT2D eigenvalue weighted by molar-refractivity contribution is 6.42. The van der Waals surface area contributed by atoms with Crippen molar-refractivity contribution in [1.82, 2.24) is 4.98 Å². The van der Waals surface area contributed by atoms with Crippen LogP contribution < -0.4 is 0 Å². The van der Waals surface area contributed by atoms with E-state index in [1.807, 2.05) is 6.07 Å². The fourth-order valence-electron chi connectivity index (χ4n) is 2.55. The average Bonchev–Trinajstić information content (AvgIpc) is 3.08. The van der Waals surface area contributed by atoms with Crippen molar-refractivity contribution in [3.05, 3.63) is 63.9 Å². The van der Waals surface area contributed by atoms with Gasteiger partial charge in [0.05, 0.1) is 23.3 Å². The van der Waals surface area contributed by atoms with Crippen LogP contribution in [0, 0.1) is 0 Å². The van der Waals surface area contributed by atoms with Crippen molar-refractivity contribution in [3.8, 4) is 0 Å². The Bertz CT molecular complexity index is 647. The second-order valence-electron chi connectivity index (χ2n) is 5.13. The van der Waals surface area contributed by atoms with E-state index in [4.69, 9.17) is 32.7 Å². The lowest BCUT2D eigenvalue weighted by Gasteiger charge is -2.33. The number of aliphatic hydroxyl groups is 1. The summed E-state index contributed by atoms with van der Waals surface area (Å²) in [7, 11) is 0. The first-order chi connectivity index (χ1) is 10.6. The second-order valence-corrected chi connectivity index (χ2v) is 5.91. The highest BCUT2D eigenvalue weighted by atomic mass is 35.5. The van der Waals surface area contributed by atoms with Crippen molar-refractivity contribution in [1.29, 1.82) is 0 Å². The summed E-state index contributed by atoms with van der Waals surface area (Å²) in [6.07, 6.45) is 2.69. The van der Waals surface area contributed by atoms with Gasteiger partial charge in [-0.05, 0) is 17.7 Å². The first-order valence-corrected chi connectivity index (χ1v) is 7.66. The van der Waals surface area contributed by atoms with Crippen LogP contribution in [0.4, 0.5) is 0 Å². The van der Waals surface area contributed by atoms with Gasteiger partial charge in [0.25, 0.3) is 0 Å². The van der Waals surface area contributed by atoms with Crippen molar-refractivity contribution in [3.63, 3.8) is 0 Å². The molecule has 0 bridgehead atoms. The summed E-state index contributed by atoms with van der Waals surface area (Å²) in [5.74, 6) is 0. The lowest BCUT2D eigenvalue weighted by Crippen LogP contribution is -2.42. The molecular formula is C16H15Cl2NO3. The van der Waals surface area contributed by atoms with Crippen molar-refractivity contribution in [2.45, 2.75) is 18.3 Å². The summed E-state index contributed by atoms with van der Waals surface area (Å²) in [6, 6.07) is 8.87. The van der Waals surface area contributed by atoms with Crippen molar-refractivity contribution in [2.24, 2.45) is 0 Å². The number of hydrogen-bond acceptors (Lipinski definition) is 4. The van der Waals surface area contributed by atoms with Gasteiger partial charge in [-0.2, -0.15) is 0 Å². The van der Waals surface area contributed by atoms with Crippen LogP contribution in [0.1, 0.15) is 11.1 Å². The zero-order valence-corrected chi connectivity index (χ0v) is 13.2. The number of pyridine rings is 1. The van der Waals surface area contributed by atoms with Crippen LogP contribution in [0.5, 0.6) is 0 Å². The number of aromatic nitrogens is 1. The zero-order chi connectivity index (χ0) is 15.6. The molecule has 0 aliphatic carbocycles. The smallest absolute Gasteiger partial charge is 0.191 e. The fourth-order valence-corrected chi connectivity index (χ4v) is 2.94. The Morgan fingerprint density at radius 3 is 2.64 bits per heavy atom. The van der Waals surface area contributed by atoms with Crippen molar-refractivity contribution < 1.29 is 14.6 Å². The van der Waals surface area contributed by atoms with Gasteiger partial charge in [0, 0.05) is 24.4 Å². The standard InChI is InChI=1S/C16H15Cl2NO3/c17-13-5-1-3-11(14(13)18)9-16(20,15-21-7-8-22-15)12-4-2-6-19-10-12/h1-6,10,15,20H,7-9H2. The maximum atomic E-state index is 11.3. The molecule has 1 N–H and O–H groups in total. The summed E-state index contributed by atoms with van der Waals surface area (Å²) in [5, 5.41) is 12.1. The van der Waals surface area contributed by atoms with Crippen molar-refractivity contribution >= 4 is 23.2 Å². The molecule has 1 aromatic carbocycles. The highest BCUT2D eigenvalue weighted by Crippen LogP contribution is 2.36. The van der Waals surface area contributed by atoms with Crippen LogP contribution in [0.2, 0.25) is 10.0 Å². The van der Waals surface area contributed by atoms with Gasteiger partial charge in [0.15, 0.2) is 6.29 Å². The third kappa shape index (κ3) is 2.98. The minimum absolute atomic E-state index is 0.211. The highest BCUT2D eigenvalue weighted by Gasteiger charge is 2.43. The van der Waals surface area contributed by atoms with Gasteiger partial charge in [-0.25, -0.2) is 0 Å². The van der Waals surface area contributed by atoms with E-state index in [2.05, 4.69) is 4.98 Å². The predicted octanol–water partition coefficient (Wildman–Crippen LogP) is 3.19. The van der Waals surface area contributed by atoms with Crippen molar-refractivity contribution in [2.75, 3.05) is 13.2 Å². The first kappa shape index (κ1) is 15.7. The van der Waals surface area contributed by atoms with Crippen LogP contribution in [0.3, 0.4) is 0 Å². The van der Waals surface area contributed by atoms with E-state index in [1.165, 1.54) is 0 Å². The van der Waals surface area contributed by atoms with Crippen LogP contribution in [0.25, 0.3) is 0 Å². The molecule has 0 amide bonds. The number of hydrogen-bond donors (Lipinski definition) is 1. The van der Waals surface area contributed by atoms with E-state index in [-0.39, 0.29) is 6.42 Å². The van der Waals surface area contributed by atoms with Gasteiger partial charge >= 0.3 is 0 Å². The average molecular weight is 340 g/mol. The largest absolute Gasteiger partial charge is 0.379 e. The summed E-state index contributed by atoms with van der Waals surface area (Å²) < 4.78 is 11.1. The summed E-state index contributed by atoms with van der Waals surface area (Å²) in [4.78, 5) is 4.07. The Morgan fingerprint density at radius 2 is 1.95 bits per heavy atom. The molecule has 1 saturated heterocycles. The van der Waals surface area contributed by atoms with Crippen LogP contribution in [0.15, 0.2) is 42.7 Å². The molecule has 1 unspecified atom stereocenters. The fraction of sp³-hybridized carbons (Fsp3) is 0.312. The molecule has 1 fully saturated rings. The van der Waals surface area contributed by atoms with E-state index in [9.17, 15) is 5.11 Å². The van der Waals surface area contributed by atoms with Gasteiger partial charge in [0.2, 0.25) is 0 Å². The Morgan fingerprint density at radius 1 is 1.18 bits per heavy atom.